The van der Waals surface area contributed by atoms with Crippen LogP contribution in [0.2, 0.25) is 0 Å². The highest BCUT2D eigenvalue weighted by Crippen LogP contribution is 2.19. The predicted octanol–water partition coefficient (Wildman–Crippen LogP) is 2.72. The van der Waals surface area contributed by atoms with Crippen molar-refractivity contribution in [3.05, 3.63) is 29.8 Å². The second-order valence-electron chi connectivity index (χ2n) is 5.32. The highest BCUT2D eigenvalue weighted by molar-refractivity contribution is 5.91. The van der Waals surface area contributed by atoms with Gasteiger partial charge >= 0.3 is 0 Å². The Morgan fingerprint density at radius 1 is 1.42 bits per heavy atom. The molecule has 1 unspecified atom stereocenters. The summed E-state index contributed by atoms with van der Waals surface area (Å²) in [6.07, 6.45) is 0.329. The van der Waals surface area contributed by atoms with Crippen molar-refractivity contribution in [3.63, 3.8) is 0 Å². The monoisotopic (exact) mass is 264 g/mol. The number of hydrogen-bond acceptors (Lipinski definition) is 3. The molecule has 0 fully saturated rings. The zero-order valence-corrected chi connectivity index (χ0v) is 12.4. The number of ether oxygens (including phenoxy) is 1. The molecule has 1 amide bonds. The summed E-state index contributed by atoms with van der Waals surface area (Å²) >= 11 is 0. The minimum absolute atomic E-state index is 0.0406. The van der Waals surface area contributed by atoms with Crippen LogP contribution in [-0.2, 0) is 9.53 Å². The smallest absolute Gasteiger partial charge is 0.227 e. The van der Waals surface area contributed by atoms with E-state index in [1.165, 1.54) is 0 Å². The van der Waals surface area contributed by atoms with Gasteiger partial charge in [0.05, 0.1) is 12.0 Å². The van der Waals surface area contributed by atoms with Crippen molar-refractivity contribution in [2.75, 3.05) is 19.5 Å². The molecule has 0 aliphatic carbocycles. The average Bonchev–Trinajstić information content (AvgIpc) is 2.37. The van der Waals surface area contributed by atoms with E-state index >= 15 is 0 Å². The van der Waals surface area contributed by atoms with E-state index in [0.717, 1.165) is 11.3 Å². The fourth-order valence-electron chi connectivity index (χ4n) is 1.72. The van der Waals surface area contributed by atoms with Crippen molar-refractivity contribution in [3.8, 4) is 0 Å². The molecule has 106 valence electrons. The van der Waals surface area contributed by atoms with E-state index in [-0.39, 0.29) is 11.9 Å². The van der Waals surface area contributed by atoms with Crippen LogP contribution in [-0.4, -0.2) is 25.7 Å². The molecule has 19 heavy (non-hydrogen) atoms. The van der Waals surface area contributed by atoms with Crippen molar-refractivity contribution in [1.29, 1.82) is 0 Å². The zero-order valence-electron chi connectivity index (χ0n) is 12.4. The van der Waals surface area contributed by atoms with Gasteiger partial charge in [0.25, 0.3) is 0 Å². The van der Waals surface area contributed by atoms with Crippen LogP contribution in [0.4, 0.5) is 5.69 Å². The van der Waals surface area contributed by atoms with Gasteiger partial charge in [-0.25, -0.2) is 0 Å². The second-order valence-corrected chi connectivity index (χ2v) is 5.32. The topological polar surface area (TPSA) is 50.4 Å². The Hall–Kier alpha value is -1.39. The average molecular weight is 264 g/mol. The Labute approximate surface area is 115 Å². The van der Waals surface area contributed by atoms with Crippen LogP contribution in [0.1, 0.15) is 38.8 Å². The lowest BCUT2D eigenvalue weighted by atomic mass is 10.0. The maximum absolute atomic E-state index is 11.9. The lowest BCUT2D eigenvalue weighted by Gasteiger charge is -2.22. The standard InChI is InChI=1S/C15H24N2O2/c1-11(16-4)12-7-6-8-13(9-12)17-14(18)10-15(2,3)19-5/h6-9,11,16H,10H2,1-5H3,(H,17,18). The van der Waals surface area contributed by atoms with Crippen molar-refractivity contribution in [1.82, 2.24) is 5.32 Å². The molecule has 4 nitrogen and oxygen atoms in total. The fourth-order valence-corrected chi connectivity index (χ4v) is 1.72. The number of hydrogen-bond donors (Lipinski definition) is 2. The largest absolute Gasteiger partial charge is 0.378 e. The molecule has 0 aromatic heterocycles. The number of rotatable bonds is 6. The van der Waals surface area contributed by atoms with Gasteiger partial charge in [-0.15, -0.1) is 0 Å². The molecular weight excluding hydrogens is 240 g/mol. The van der Waals surface area contributed by atoms with Crippen molar-refractivity contribution in [2.24, 2.45) is 0 Å². The Morgan fingerprint density at radius 3 is 2.68 bits per heavy atom. The number of carbonyl (C=O) groups is 1. The first-order valence-corrected chi connectivity index (χ1v) is 6.50. The van der Waals surface area contributed by atoms with Gasteiger partial charge in [-0.05, 0) is 45.5 Å². The second kappa shape index (κ2) is 6.68. The number of nitrogens with one attached hydrogen (secondary N) is 2. The molecule has 0 saturated carbocycles. The van der Waals surface area contributed by atoms with Crippen LogP contribution in [0.25, 0.3) is 0 Å². The van der Waals surface area contributed by atoms with Gasteiger partial charge in [0.15, 0.2) is 0 Å². The molecule has 0 bridgehead atoms. The first-order chi connectivity index (χ1) is 8.88. The summed E-state index contributed by atoms with van der Waals surface area (Å²) < 4.78 is 5.25. The van der Waals surface area contributed by atoms with Crippen LogP contribution in [0.5, 0.6) is 0 Å². The lowest BCUT2D eigenvalue weighted by molar-refractivity contribution is -0.121. The summed E-state index contributed by atoms with van der Waals surface area (Å²) in [6.45, 7) is 5.87. The molecule has 0 aliphatic rings. The molecule has 0 saturated heterocycles. The van der Waals surface area contributed by atoms with Gasteiger partial charge in [-0.3, -0.25) is 4.79 Å². The molecule has 0 spiro atoms. The third-order valence-electron chi connectivity index (χ3n) is 3.24. The number of methoxy groups -OCH3 is 1. The number of benzene rings is 1. The van der Waals surface area contributed by atoms with E-state index < -0.39 is 5.60 Å². The summed E-state index contributed by atoms with van der Waals surface area (Å²) in [5.74, 6) is -0.0406. The van der Waals surface area contributed by atoms with Gasteiger partial charge in [0.1, 0.15) is 0 Å². The Kier molecular flexibility index (Phi) is 5.51. The molecule has 1 aromatic carbocycles. The Balaban J connectivity index is 2.69. The molecule has 1 rings (SSSR count). The Bertz CT molecular complexity index is 430. The minimum Gasteiger partial charge on any atom is -0.378 e. The van der Waals surface area contributed by atoms with Crippen molar-refractivity contribution in [2.45, 2.75) is 38.8 Å². The van der Waals surface area contributed by atoms with Crippen molar-refractivity contribution >= 4 is 11.6 Å². The normalized spacial score (nSPS) is 13.1. The van der Waals surface area contributed by atoms with E-state index in [1.54, 1.807) is 7.11 Å². The predicted molar refractivity (Wildman–Crippen MR) is 78.3 cm³/mol. The third kappa shape index (κ3) is 5.01. The molecule has 1 aromatic rings. The minimum atomic E-state index is -0.444. The lowest BCUT2D eigenvalue weighted by Crippen LogP contribution is -2.29. The molecule has 0 aliphatic heterocycles. The maximum atomic E-state index is 11.9. The van der Waals surface area contributed by atoms with Gasteiger partial charge < -0.3 is 15.4 Å². The van der Waals surface area contributed by atoms with E-state index in [0.29, 0.717) is 6.42 Å². The van der Waals surface area contributed by atoms with Crippen molar-refractivity contribution < 1.29 is 9.53 Å². The summed E-state index contributed by atoms with van der Waals surface area (Å²) in [7, 11) is 3.53. The number of carbonyl (C=O) groups excluding carboxylic acids is 1. The number of amides is 1. The SMILES string of the molecule is CNC(C)c1cccc(NC(=O)CC(C)(C)OC)c1. The zero-order chi connectivity index (χ0) is 14.5. The fraction of sp³-hybridized carbons (Fsp3) is 0.533. The number of anilines is 1. The van der Waals surface area contributed by atoms with E-state index in [9.17, 15) is 4.79 Å². The van der Waals surface area contributed by atoms with E-state index in [2.05, 4.69) is 17.6 Å². The van der Waals surface area contributed by atoms with Crippen LogP contribution >= 0.6 is 0 Å². The molecule has 2 N–H and O–H groups in total. The van der Waals surface area contributed by atoms with Crippen LogP contribution in [0, 0.1) is 0 Å². The van der Waals surface area contributed by atoms with Gasteiger partial charge in [-0.1, -0.05) is 12.1 Å². The summed E-state index contributed by atoms with van der Waals surface area (Å²) in [5.41, 5.74) is 1.52. The summed E-state index contributed by atoms with van der Waals surface area (Å²) in [5, 5.41) is 6.08. The van der Waals surface area contributed by atoms with Crippen LogP contribution < -0.4 is 10.6 Å². The highest BCUT2D eigenvalue weighted by atomic mass is 16.5. The Morgan fingerprint density at radius 2 is 2.11 bits per heavy atom. The quantitative estimate of drug-likeness (QED) is 0.830. The van der Waals surface area contributed by atoms with E-state index in [1.807, 2.05) is 45.2 Å². The van der Waals surface area contributed by atoms with Crippen LogP contribution in [0.3, 0.4) is 0 Å². The van der Waals surface area contributed by atoms with Gasteiger partial charge in [-0.2, -0.15) is 0 Å². The molecule has 4 heteroatoms. The molecule has 0 heterocycles. The molecule has 1 atom stereocenters. The third-order valence-corrected chi connectivity index (χ3v) is 3.24. The van der Waals surface area contributed by atoms with Gasteiger partial charge in [0, 0.05) is 18.8 Å². The molecular formula is C15H24N2O2. The first kappa shape index (κ1) is 15.7. The maximum Gasteiger partial charge on any atom is 0.227 e. The molecule has 0 radical (unpaired) electrons. The summed E-state index contributed by atoms with van der Waals surface area (Å²) in [4.78, 5) is 11.9. The summed E-state index contributed by atoms with van der Waals surface area (Å²) in [6, 6.07) is 8.12. The van der Waals surface area contributed by atoms with E-state index in [4.69, 9.17) is 4.74 Å². The van der Waals surface area contributed by atoms with Crippen LogP contribution in [0.15, 0.2) is 24.3 Å². The van der Waals surface area contributed by atoms with Gasteiger partial charge in [0.2, 0.25) is 5.91 Å². The highest BCUT2D eigenvalue weighted by Gasteiger charge is 2.21. The first-order valence-electron chi connectivity index (χ1n) is 6.50.